The third kappa shape index (κ3) is 3.47. The number of rotatable bonds is 5. The van der Waals surface area contributed by atoms with Crippen LogP contribution in [0.3, 0.4) is 0 Å². The highest BCUT2D eigenvalue weighted by Crippen LogP contribution is 2.38. The number of nitrogens with one attached hydrogen (secondary N) is 1. The third-order valence-electron chi connectivity index (χ3n) is 5.10. The molecule has 1 atom stereocenters. The fraction of sp³-hybridized carbons (Fsp3) is 0.706. The summed E-state index contributed by atoms with van der Waals surface area (Å²) in [7, 11) is 0. The van der Waals surface area contributed by atoms with E-state index in [1.807, 2.05) is 12.3 Å². The summed E-state index contributed by atoms with van der Waals surface area (Å²) in [6.45, 7) is 1.67. The Hall–Kier alpha value is -1.69. The van der Waals surface area contributed by atoms with Crippen molar-refractivity contribution in [2.24, 2.45) is 5.92 Å². The molecule has 2 N–H and O–H groups in total. The second-order valence-electron chi connectivity index (χ2n) is 7.10. The highest BCUT2D eigenvalue weighted by Gasteiger charge is 2.33. The molecule has 2 aliphatic carbocycles. The minimum atomic E-state index is -0.870. The number of aliphatic hydroxyl groups is 1. The number of hydrogen-bond acceptors (Lipinski definition) is 5. The zero-order valence-corrected chi connectivity index (χ0v) is 13.3. The molecule has 6 nitrogen and oxygen atoms in total. The number of nitrogens with zero attached hydrogens (tertiary/aromatic N) is 3. The molecule has 0 bridgehead atoms. The molecule has 3 aliphatic rings. The molecule has 1 amide bonds. The summed E-state index contributed by atoms with van der Waals surface area (Å²) >= 11 is 0. The van der Waals surface area contributed by atoms with Crippen LogP contribution >= 0.6 is 0 Å². The minimum Gasteiger partial charge on any atom is -0.383 e. The van der Waals surface area contributed by atoms with Crippen molar-refractivity contribution in [3.63, 3.8) is 0 Å². The Kier molecular flexibility index (Phi) is 3.93. The monoisotopic (exact) mass is 316 g/mol. The van der Waals surface area contributed by atoms with Gasteiger partial charge in [0.05, 0.1) is 0 Å². The maximum atomic E-state index is 12.0. The predicted octanol–water partition coefficient (Wildman–Crippen LogP) is 1.21. The summed E-state index contributed by atoms with van der Waals surface area (Å²) < 4.78 is 0. The maximum Gasteiger partial charge on any atom is 0.249 e. The number of aliphatic hydroxyl groups excluding tert-OH is 1. The van der Waals surface area contributed by atoms with E-state index in [0.29, 0.717) is 12.0 Å². The first-order valence-corrected chi connectivity index (χ1v) is 8.77. The second-order valence-corrected chi connectivity index (χ2v) is 7.10. The highest BCUT2D eigenvalue weighted by atomic mass is 16.3. The van der Waals surface area contributed by atoms with Gasteiger partial charge < -0.3 is 15.3 Å². The average Bonchev–Trinajstić information content (AvgIpc) is 3.48. The fourth-order valence-corrected chi connectivity index (χ4v) is 3.25. The Morgan fingerprint density at radius 2 is 1.96 bits per heavy atom. The van der Waals surface area contributed by atoms with E-state index in [2.05, 4.69) is 20.2 Å². The SMILES string of the molecule is O=C(NC1CC1)[C@H](O)C1CCN(c2ccnc(C3CC3)n2)CC1. The van der Waals surface area contributed by atoms with Gasteiger partial charge in [-0.3, -0.25) is 4.79 Å². The smallest absolute Gasteiger partial charge is 0.249 e. The van der Waals surface area contributed by atoms with E-state index in [9.17, 15) is 9.90 Å². The summed E-state index contributed by atoms with van der Waals surface area (Å²) in [6, 6.07) is 2.27. The van der Waals surface area contributed by atoms with Gasteiger partial charge in [0.15, 0.2) is 0 Å². The summed E-state index contributed by atoms with van der Waals surface area (Å²) in [4.78, 5) is 23.3. The molecule has 1 aromatic heterocycles. The molecular formula is C17H24N4O2. The van der Waals surface area contributed by atoms with Crippen molar-refractivity contribution in [3.05, 3.63) is 18.1 Å². The molecule has 124 valence electrons. The molecule has 1 saturated heterocycles. The van der Waals surface area contributed by atoms with E-state index in [0.717, 1.165) is 50.4 Å². The van der Waals surface area contributed by atoms with Crippen LogP contribution in [0.25, 0.3) is 0 Å². The topological polar surface area (TPSA) is 78.4 Å². The van der Waals surface area contributed by atoms with E-state index in [1.54, 1.807) is 0 Å². The van der Waals surface area contributed by atoms with Gasteiger partial charge in [-0.05, 0) is 50.5 Å². The molecule has 1 aromatic rings. The zero-order chi connectivity index (χ0) is 15.8. The van der Waals surface area contributed by atoms with Gasteiger partial charge in [-0.2, -0.15) is 0 Å². The van der Waals surface area contributed by atoms with Crippen molar-refractivity contribution in [3.8, 4) is 0 Å². The zero-order valence-electron chi connectivity index (χ0n) is 13.3. The Bertz CT molecular complexity index is 578. The molecule has 1 aliphatic heterocycles. The van der Waals surface area contributed by atoms with Gasteiger partial charge in [0, 0.05) is 31.2 Å². The van der Waals surface area contributed by atoms with Crippen molar-refractivity contribution < 1.29 is 9.90 Å². The van der Waals surface area contributed by atoms with Gasteiger partial charge in [0.1, 0.15) is 17.7 Å². The van der Waals surface area contributed by atoms with Gasteiger partial charge in [-0.1, -0.05) is 0 Å². The Morgan fingerprint density at radius 3 is 2.61 bits per heavy atom. The van der Waals surface area contributed by atoms with Crippen LogP contribution in [-0.4, -0.2) is 46.2 Å². The summed E-state index contributed by atoms with van der Waals surface area (Å²) in [6.07, 6.45) is 7.12. The number of carbonyl (C=O) groups excluding carboxylic acids is 1. The van der Waals surface area contributed by atoms with E-state index >= 15 is 0 Å². The Morgan fingerprint density at radius 1 is 1.22 bits per heavy atom. The molecule has 2 heterocycles. The standard InChI is InChI=1S/C17H24N4O2/c22-15(17(23)19-13-3-4-13)11-6-9-21(10-7-11)14-5-8-18-16(20-14)12-1-2-12/h5,8,11-13,15,22H,1-4,6-7,9-10H2,(H,19,23)/t15-/m1/s1. The number of piperidine rings is 1. The molecule has 23 heavy (non-hydrogen) atoms. The largest absolute Gasteiger partial charge is 0.383 e. The van der Waals surface area contributed by atoms with Crippen LogP contribution in [0.5, 0.6) is 0 Å². The van der Waals surface area contributed by atoms with Crippen LogP contribution < -0.4 is 10.2 Å². The molecule has 0 unspecified atom stereocenters. The van der Waals surface area contributed by atoms with E-state index < -0.39 is 6.10 Å². The first kappa shape index (κ1) is 14.9. The van der Waals surface area contributed by atoms with Gasteiger partial charge in [-0.15, -0.1) is 0 Å². The van der Waals surface area contributed by atoms with E-state index in [1.165, 1.54) is 12.8 Å². The molecule has 0 radical (unpaired) electrons. The van der Waals surface area contributed by atoms with Crippen molar-refractivity contribution >= 4 is 11.7 Å². The van der Waals surface area contributed by atoms with E-state index in [-0.39, 0.29) is 11.8 Å². The quantitative estimate of drug-likeness (QED) is 0.854. The summed E-state index contributed by atoms with van der Waals surface area (Å²) in [5, 5.41) is 13.1. The van der Waals surface area contributed by atoms with Crippen molar-refractivity contribution in [2.45, 2.75) is 56.6 Å². The van der Waals surface area contributed by atoms with Gasteiger partial charge in [-0.25, -0.2) is 9.97 Å². The van der Waals surface area contributed by atoms with Crippen LogP contribution in [0.1, 0.15) is 50.3 Å². The lowest BCUT2D eigenvalue weighted by Gasteiger charge is -2.34. The number of aromatic nitrogens is 2. The van der Waals surface area contributed by atoms with Gasteiger partial charge in [0.25, 0.3) is 0 Å². The lowest BCUT2D eigenvalue weighted by molar-refractivity contribution is -0.132. The van der Waals surface area contributed by atoms with Crippen LogP contribution in [0.4, 0.5) is 5.82 Å². The first-order chi connectivity index (χ1) is 11.2. The predicted molar refractivity (Wildman–Crippen MR) is 86.1 cm³/mol. The normalized spacial score (nSPS) is 23.6. The molecule has 4 rings (SSSR count). The van der Waals surface area contributed by atoms with Crippen LogP contribution in [0, 0.1) is 5.92 Å². The lowest BCUT2D eigenvalue weighted by atomic mass is 9.90. The molecule has 0 aromatic carbocycles. The Balaban J connectivity index is 1.33. The molecule has 6 heteroatoms. The molecular weight excluding hydrogens is 292 g/mol. The fourth-order valence-electron chi connectivity index (χ4n) is 3.25. The molecule has 2 saturated carbocycles. The first-order valence-electron chi connectivity index (χ1n) is 8.77. The van der Waals surface area contributed by atoms with Crippen LogP contribution in [0.2, 0.25) is 0 Å². The molecule has 3 fully saturated rings. The number of anilines is 1. The van der Waals surface area contributed by atoms with Gasteiger partial charge >= 0.3 is 0 Å². The minimum absolute atomic E-state index is 0.0507. The summed E-state index contributed by atoms with van der Waals surface area (Å²) in [5.41, 5.74) is 0. The number of hydrogen-bond donors (Lipinski definition) is 2. The van der Waals surface area contributed by atoms with E-state index in [4.69, 9.17) is 0 Å². The third-order valence-corrected chi connectivity index (χ3v) is 5.10. The lowest BCUT2D eigenvalue weighted by Crippen LogP contribution is -2.45. The second kappa shape index (κ2) is 6.07. The van der Waals surface area contributed by atoms with Crippen molar-refractivity contribution in [1.82, 2.24) is 15.3 Å². The molecule has 0 spiro atoms. The highest BCUT2D eigenvalue weighted by molar-refractivity contribution is 5.81. The Labute approximate surface area is 136 Å². The summed E-state index contributed by atoms with van der Waals surface area (Å²) in [5.74, 6) is 2.37. The van der Waals surface area contributed by atoms with Crippen molar-refractivity contribution in [2.75, 3.05) is 18.0 Å². The maximum absolute atomic E-state index is 12.0. The van der Waals surface area contributed by atoms with Gasteiger partial charge in [0.2, 0.25) is 5.91 Å². The number of carbonyl (C=O) groups is 1. The van der Waals surface area contributed by atoms with Crippen LogP contribution in [-0.2, 0) is 4.79 Å². The number of amides is 1. The van der Waals surface area contributed by atoms with Crippen molar-refractivity contribution in [1.29, 1.82) is 0 Å². The average molecular weight is 316 g/mol. The van der Waals surface area contributed by atoms with Crippen LogP contribution in [0.15, 0.2) is 12.3 Å².